The lowest BCUT2D eigenvalue weighted by Gasteiger charge is -2.28. The molecule has 2 saturated carbocycles. The molecule has 6 rings (SSSR count). The fourth-order valence-electron chi connectivity index (χ4n) is 6.86. The Morgan fingerprint density at radius 1 is 0.878 bits per heavy atom. The first-order valence-electron chi connectivity index (χ1n) is 13.6. The lowest BCUT2D eigenvalue weighted by Crippen LogP contribution is -2.33. The Hall–Kier alpha value is -4.66. The van der Waals surface area contributed by atoms with E-state index in [0.29, 0.717) is 28.8 Å². The third-order valence-electron chi connectivity index (χ3n) is 8.62. The normalized spacial score (nSPS) is 24.2. The van der Waals surface area contributed by atoms with Gasteiger partial charge in [0.15, 0.2) is 6.61 Å². The maximum absolute atomic E-state index is 13.5. The van der Waals surface area contributed by atoms with E-state index in [-0.39, 0.29) is 41.0 Å². The minimum atomic E-state index is -0.705. The second kappa shape index (κ2) is 10.7. The van der Waals surface area contributed by atoms with Crippen molar-refractivity contribution >= 4 is 35.1 Å². The molecule has 41 heavy (non-hydrogen) atoms. The number of esters is 1. The highest BCUT2D eigenvalue weighted by atomic mass is 16.5. The summed E-state index contributed by atoms with van der Waals surface area (Å²) in [6.07, 6.45) is 1.83. The summed E-state index contributed by atoms with van der Waals surface area (Å²) in [4.78, 5) is 53.3. The van der Waals surface area contributed by atoms with Gasteiger partial charge in [-0.25, -0.2) is 4.79 Å². The van der Waals surface area contributed by atoms with Crippen LogP contribution >= 0.6 is 0 Å². The van der Waals surface area contributed by atoms with Crippen LogP contribution in [0.1, 0.15) is 34.7 Å². The zero-order valence-corrected chi connectivity index (χ0v) is 22.7. The Bertz CT molecular complexity index is 1500. The summed E-state index contributed by atoms with van der Waals surface area (Å²) in [5, 5.41) is 2.64. The number of ether oxygens (including phenoxy) is 3. The summed E-state index contributed by atoms with van der Waals surface area (Å²) in [6.45, 7) is -0.515. The number of carbonyl (C=O) groups excluding carboxylic acids is 4. The van der Waals surface area contributed by atoms with Gasteiger partial charge in [0.1, 0.15) is 11.5 Å². The van der Waals surface area contributed by atoms with Gasteiger partial charge in [-0.15, -0.1) is 0 Å². The molecule has 210 valence electrons. The quantitative estimate of drug-likeness (QED) is 0.324. The summed E-state index contributed by atoms with van der Waals surface area (Å²) >= 11 is 0. The number of nitrogens with one attached hydrogen (secondary N) is 1. The summed E-state index contributed by atoms with van der Waals surface area (Å²) in [5.41, 5.74) is 2.25. The number of rotatable bonds is 8. The summed E-state index contributed by atoms with van der Waals surface area (Å²) in [6, 6.07) is 21.3. The highest BCUT2D eigenvalue weighted by Crippen LogP contribution is 2.61. The van der Waals surface area contributed by atoms with Crippen molar-refractivity contribution in [1.82, 2.24) is 0 Å². The van der Waals surface area contributed by atoms with Gasteiger partial charge in [-0.2, -0.15) is 0 Å². The number of imide groups is 1. The van der Waals surface area contributed by atoms with Crippen LogP contribution in [0.3, 0.4) is 0 Å². The third kappa shape index (κ3) is 4.71. The van der Waals surface area contributed by atoms with E-state index in [1.165, 1.54) is 36.8 Å². The second-order valence-electron chi connectivity index (χ2n) is 10.7. The van der Waals surface area contributed by atoms with Crippen LogP contribution in [-0.4, -0.2) is 44.5 Å². The number of benzene rings is 3. The maximum atomic E-state index is 13.5. The first-order valence-corrected chi connectivity index (χ1v) is 13.6. The Kier molecular flexibility index (Phi) is 6.95. The molecule has 3 aliphatic rings. The van der Waals surface area contributed by atoms with Crippen molar-refractivity contribution in [2.75, 3.05) is 31.0 Å². The molecule has 5 atom stereocenters. The van der Waals surface area contributed by atoms with Crippen molar-refractivity contribution in [1.29, 1.82) is 0 Å². The van der Waals surface area contributed by atoms with E-state index in [0.717, 1.165) is 12.8 Å². The third-order valence-corrected chi connectivity index (χ3v) is 8.62. The zero-order chi connectivity index (χ0) is 28.7. The largest absolute Gasteiger partial charge is 0.497 e. The van der Waals surface area contributed by atoms with E-state index < -0.39 is 18.5 Å². The molecule has 1 heterocycles. The number of carbonyl (C=O) groups is 4. The Balaban J connectivity index is 1.09. The topological polar surface area (TPSA) is 111 Å². The predicted octanol–water partition coefficient (Wildman–Crippen LogP) is 4.43. The fraction of sp³-hybridized carbons (Fsp3) is 0.312. The van der Waals surface area contributed by atoms with Crippen LogP contribution in [0.4, 0.5) is 11.4 Å². The number of anilines is 2. The maximum Gasteiger partial charge on any atom is 0.338 e. The molecule has 9 heteroatoms. The van der Waals surface area contributed by atoms with Gasteiger partial charge in [-0.1, -0.05) is 30.3 Å². The molecule has 1 saturated heterocycles. The van der Waals surface area contributed by atoms with Crippen LogP contribution in [0.25, 0.3) is 0 Å². The van der Waals surface area contributed by atoms with Crippen molar-refractivity contribution in [2.24, 2.45) is 23.7 Å². The van der Waals surface area contributed by atoms with Crippen molar-refractivity contribution in [3.8, 4) is 11.5 Å². The first-order chi connectivity index (χ1) is 19.9. The van der Waals surface area contributed by atoms with Crippen molar-refractivity contribution < 1.29 is 33.4 Å². The molecule has 1 aliphatic heterocycles. The molecular formula is C32H30N2O7. The molecule has 3 aromatic rings. The Morgan fingerprint density at radius 3 is 2.32 bits per heavy atom. The van der Waals surface area contributed by atoms with Gasteiger partial charge in [0.25, 0.3) is 5.91 Å². The van der Waals surface area contributed by atoms with E-state index in [1.807, 2.05) is 18.2 Å². The smallest absolute Gasteiger partial charge is 0.338 e. The molecule has 0 unspecified atom stereocenters. The van der Waals surface area contributed by atoms with Gasteiger partial charge >= 0.3 is 5.97 Å². The van der Waals surface area contributed by atoms with Gasteiger partial charge in [0, 0.05) is 6.07 Å². The van der Waals surface area contributed by atoms with Gasteiger partial charge < -0.3 is 19.5 Å². The number of methoxy groups -OCH3 is 2. The average molecular weight is 555 g/mol. The Morgan fingerprint density at radius 2 is 1.61 bits per heavy atom. The second-order valence-corrected chi connectivity index (χ2v) is 10.7. The number of amides is 3. The van der Waals surface area contributed by atoms with E-state index >= 15 is 0 Å². The standard InChI is InChI=1S/C32H30N2O7/c1-39-22-12-13-26(40-2)25(16-22)33-27(35)17-41-32(38)19-8-10-21(11-9-19)34-30(36)28-20-14-23(18-6-4-3-5-7-18)24(15-20)29(28)31(34)37/h3-13,16,20,23-24,28-29H,14-15,17H2,1-2H3,(H,33,35)/t20-,23+,24+,28+,29-/m0/s1. The molecule has 9 nitrogen and oxygen atoms in total. The van der Waals surface area contributed by atoms with Crippen LogP contribution in [0, 0.1) is 23.7 Å². The molecule has 0 spiro atoms. The van der Waals surface area contributed by atoms with Crippen molar-refractivity contribution in [3.05, 3.63) is 83.9 Å². The molecule has 1 N–H and O–H groups in total. The van der Waals surface area contributed by atoms with Gasteiger partial charge in [-0.3, -0.25) is 19.3 Å². The fourth-order valence-corrected chi connectivity index (χ4v) is 6.86. The summed E-state index contributed by atoms with van der Waals surface area (Å²) in [7, 11) is 2.98. The molecular weight excluding hydrogens is 524 g/mol. The molecule has 0 aromatic heterocycles. The number of fused-ring (bicyclic) bond motifs is 5. The lowest BCUT2D eigenvalue weighted by molar-refractivity contribution is -0.123. The van der Waals surface area contributed by atoms with E-state index in [1.54, 1.807) is 30.3 Å². The molecule has 3 aromatic carbocycles. The molecule has 3 amide bonds. The van der Waals surface area contributed by atoms with Gasteiger partial charge in [0.2, 0.25) is 11.8 Å². The minimum absolute atomic E-state index is 0.154. The predicted molar refractivity (Wildman–Crippen MR) is 150 cm³/mol. The van der Waals surface area contributed by atoms with Crippen LogP contribution in [0.2, 0.25) is 0 Å². The van der Waals surface area contributed by atoms with Crippen LogP contribution in [0.5, 0.6) is 11.5 Å². The Labute approximate surface area is 237 Å². The molecule has 2 bridgehead atoms. The number of hydrogen-bond acceptors (Lipinski definition) is 7. The molecule has 3 fully saturated rings. The van der Waals surface area contributed by atoms with Crippen molar-refractivity contribution in [3.63, 3.8) is 0 Å². The number of nitrogens with zero attached hydrogens (tertiary/aromatic N) is 1. The summed E-state index contributed by atoms with van der Waals surface area (Å²) in [5.74, 6) is -0.545. The van der Waals surface area contributed by atoms with E-state index in [9.17, 15) is 19.2 Å². The molecule has 0 radical (unpaired) electrons. The number of hydrogen-bond donors (Lipinski definition) is 1. The van der Waals surface area contributed by atoms with Gasteiger partial charge in [0.05, 0.1) is 43.0 Å². The average Bonchev–Trinajstić information content (AvgIpc) is 3.67. The molecule has 2 aliphatic carbocycles. The minimum Gasteiger partial charge on any atom is -0.497 e. The highest BCUT2D eigenvalue weighted by Gasteiger charge is 2.64. The monoisotopic (exact) mass is 554 g/mol. The van der Waals surface area contributed by atoms with E-state index in [2.05, 4.69) is 17.4 Å². The first kappa shape index (κ1) is 26.6. The van der Waals surface area contributed by atoms with Crippen LogP contribution in [-0.2, 0) is 19.1 Å². The van der Waals surface area contributed by atoms with Crippen LogP contribution < -0.4 is 19.7 Å². The van der Waals surface area contributed by atoms with Crippen molar-refractivity contribution in [2.45, 2.75) is 18.8 Å². The highest BCUT2D eigenvalue weighted by molar-refractivity contribution is 6.22. The van der Waals surface area contributed by atoms with Gasteiger partial charge in [-0.05, 0) is 72.6 Å². The van der Waals surface area contributed by atoms with E-state index in [4.69, 9.17) is 14.2 Å². The summed E-state index contributed by atoms with van der Waals surface area (Å²) < 4.78 is 15.6. The SMILES string of the molecule is COc1ccc(OC)c(NC(=O)COC(=O)c2ccc(N3C(=O)[C@@H]4[C@@H]5C[C@@H]([C@@H]4C3=O)[C@@H](c3ccccc3)C5)cc2)c1. The zero-order valence-electron chi connectivity index (χ0n) is 22.7. The van der Waals surface area contributed by atoms with Crippen LogP contribution in [0.15, 0.2) is 72.8 Å². The lowest BCUT2D eigenvalue weighted by atomic mass is 9.73.